The van der Waals surface area contributed by atoms with Crippen molar-refractivity contribution in [1.29, 1.82) is 0 Å². The van der Waals surface area contributed by atoms with E-state index < -0.39 is 11.2 Å². The number of benzene rings is 1. The normalized spacial score (nSPS) is 15.9. The number of aromatic amines is 1. The van der Waals surface area contributed by atoms with Crippen molar-refractivity contribution in [2.45, 2.75) is 59.2 Å². The lowest BCUT2D eigenvalue weighted by Gasteiger charge is -2.30. The summed E-state index contributed by atoms with van der Waals surface area (Å²) < 4.78 is 8.80. The molecule has 1 amide bonds. The maximum absolute atomic E-state index is 12.8. The van der Waals surface area contributed by atoms with Crippen LogP contribution in [0.5, 0.6) is 0 Å². The molecular weight excluding hydrogens is 450 g/mol. The molecule has 10 nitrogen and oxygen atoms in total. The summed E-state index contributed by atoms with van der Waals surface area (Å²) in [5, 5.41) is 0. The van der Waals surface area contributed by atoms with Crippen molar-refractivity contribution in [3.05, 3.63) is 62.6 Å². The van der Waals surface area contributed by atoms with Gasteiger partial charge in [-0.15, -0.1) is 0 Å². The summed E-state index contributed by atoms with van der Waals surface area (Å²) in [6, 6.07) is 9.45. The summed E-state index contributed by atoms with van der Waals surface area (Å²) in [6.45, 7) is 5.17. The second-order valence-electron chi connectivity index (χ2n) is 8.95. The molecule has 1 unspecified atom stereocenters. The van der Waals surface area contributed by atoms with Crippen molar-refractivity contribution < 1.29 is 14.3 Å². The third-order valence-corrected chi connectivity index (χ3v) is 6.43. The van der Waals surface area contributed by atoms with Crippen LogP contribution in [0.15, 0.2) is 39.9 Å². The highest BCUT2D eigenvalue weighted by atomic mass is 16.5. The number of hydrogen-bond donors (Lipinski definition) is 1. The van der Waals surface area contributed by atoms with Crippen LogP contribution in [0.1, 0.15) is 50.9 Å². The Labute approximate surface area is 202 Å². The fraction of sp³-hybridized carbons (Fsp3) is 0.480. The number of aromatic nitrogens is 4. The number of unbranched alkanes of at least 4 members (excludes halogenated alkanes) is 1. The van der Waals surface area contributed by atoms with Gasteiger partial charge in [0.25, 0.3) is 5.56 Å². The fourth-order valence-corrected chi connectivity index (χ4v) is 4.51. The van der Waals surface area contributed by atoms with E-state index >= 15 is 0 Å². The Kier molecular flexibility index (Phi) is 7.48. The molecule has 1 aliphatic heterocycles. The Morgan fingerprint density at radius 2 is 1.94 bits per heavy atom. The van der Waals surface area contributed by atoms with Crippen LogP contribution in [0.2, 0.25) is 0 Å². The molecule has 3 heterocycles. The van der Waals surface area contributed by atoms with Crippen molar-refractivity contribution >= 4 is 23.0 Å². The highest BCUT2D eigenvalue weighted by Crippen LogP contribution is 2.20. The third-order valence-electron chi connectivity index (χ3n) is 6.43. The smallest absolute Gasteiger partial charge is 0.330 e. The van der Waals surface area contributed by atoms with Gasteiger partial charge >= 0.3 is 11.7 Å². The van der Waals surface area contributed by atoms with Gasteiger partial charge in [-0.05, 0) is 24.8 Å². The van der Waals surface area contributed by atoms with Crippen LogP contribution in [-0.4, -0.2) is 49.0 Å². The maximum atomic E-state index is 12.8. The van der Waals surface area contributed by atoms with Gasteiger partial charge in [0.2, 0.25) is 5.91 Å². The maximum Gasteiger partial charge on any atom is 0.330 e. The van der Waals surface area contributed by atoms with E-state index in [0.29, 0.717) is 37.4 Å². The van der Waals surface area contributed by atoms with Crippen molar-refractivity contribution in [2.24, 2.45) is 5.92 Å². The van der Waals surface area contributed by atoms with Crippen LogP contribution in [0, 0.1) is 5.92 Å². The summed E-state index contributed by atoms with van der Waals surface area (Å²) in [6.07, 6.45) is 3.09. The average Bonchev–Trinajstić information content (AvgIpc) is 3.23. The van der Waals surface area contributed by atoms with Gasteiger partial charge in [-0.2, -0.15) is 0 Å². The van der Waals surface area contributed by atoms with E-state index in [2.05, 4.69) is 9.97 Å². The fourth-order valence-electron chi connectivity index (χ4n) is 4.51. The number of fused-ring (bicyclic) bond motifs is 1. The summed E-state index contributed by atoms with van der Waals surface area (Å²) in [4.78, 5) is 58.7. The number of H-pyrrole nitrogens is 1. The zero-order valence-electron chi connectivity index (χ0n) is 20.2. The van der Waals surface area contributed by atoms with Crippen molar-refractivity contribution in [2.75, 3.05) is 13.1 Å². The predicted molar refractivity (Wildman–Crippen MR) is 130 cm³/mol. The Balaban J connectivity index is 1.65. The molecule has 1 aromatic carbocycles. The zero-order chi connectivity index (χ0) is 24.9. The van der Waals surface area contributed by atoms with Gasteiger partial charge in [0.05, 0.1) is 12.5 Å². The molecule has 1 N–H and O–H groups in total. The summed E-state index contributed by atoms with van der Waals surface area (Å²) in [5.74, 6) is -0.417. The Bertz CT molecular complexity index is 1320. The molecule has 1 atom stereocenters. The Morgan fingerprint density at radius 3 is 2.66 bits per heavy atom. The zero-order valence-corrected chi connectivity index (χ0v) is 20.2. The number of amides is 1. The molecule has 1 aliphatic rings. The molecule has 0 bridgehead atoms. The number of likely N-dealkylation sites (tertiary alicyclic amines) is 1. The van der Waals surface area contributed by atoms with Gasteiger partial charge in [-0.25, -0.2) is 9.78 Å². The number of carbonyl (C=O) groups is 2. The van der Waals surface area contributed by atoms with E-state index in [1.54, 1.807) is 9.47 Å². The number of piperidine rings is 1. The molecule has 2 aromatic heterocycles. The first-order chi connectivity index (χ1) is 16.9. The van der Waals surface area contributed by atoms with Gasteiger partial charge < -0.3 is 14.2 Å². The van der Waals surface area contributed by atoms with E-state index in [9.17, 15) is 19.2 Å². The molecule has 0 aliphatic carbocycles. The first kappa shape index (κ1) is 24.4. The van der Waals surface area contributed by atoms with E-state index in [4.69, 9.17) is 4.74 Å². The molecule has 0 radical (unpaired) electrons. The topological polar surface area (TPSA) is 119 Å². The minimum absolute atomic E-state index is 0.0560. The number of rotatable bonds is 8. The number of nitrogens with one attached hydrogen (secondary N) is 1. The molecule has 0 spiro atoms. The van der Waals surface area contributed by atoms with E-state index in [-0.39, 0.29) is 36.6 Å². The van der Waals surface area contributed by atoms with E-state index in [1.807, 2.05) is 37.3 Å². The highest BCUT2D eigenvalue weighted by Gasteiger charge is 2.29. The summed E-state index contributed by atoms with van der Waals surface area (Å²) in [7, 11) is 0. The van der Waals surface area contributed by atoms with E-state index in [1.165, 1.54) is 11.5 Å². The molecule has 1 fully saturated rings. The summed E-state index contributed by atoms with van der Waals surface area (Å²) >= 11 is 0. The molecule has 186 valence electrons. The van der Waals surface area contributed by atoms with Gasteiger partial charge in [-0.3, -0.25) is 23.9 Å². The number of hydrogen-bond acceptors (Lipinski definition) is 6. The third kappa shape index (κ3) is 5.36. The molecule has 3 aromatic rings. The minimum Gasteiger partial charge on any atom is -0.457 e. The molecule has 35 heavy (non-hydrogen) atoms. The number of imidazole rings is 1. The average molecular weight is 482 g/mol. The van der Waals surface area contributed by atoms with Crippen LogP contribution >= 0.6 is 0 Å². The van der Waals surface area contributed by atoms with Crippen LogP contribution in [0.4, 0.5) is 0 Å². The van der Waals surface area contributed by atoms with E-state index in [0.717, 1.165) is 24.8 Å². The Hall–Kier alpha value is -3.69. The Morgan fingerprint density at radius 1 is 1.17 bits per heavy atom. The lowest BCUT2D eigenvalue weighted by Crippen LogP contribution is -2.41. The predicted octanol–water partition coefficient (Wildman–Crippen LogP) is 2.04. The molecule has 10 heteroatoms. The van der Waals surface area contributed by atoms with Crippen LogP contribution in [-0.2, 0) is 34.0 Å². The number of esters is 1. The van der Waals surface area contributed by atoms with Gasteiger partial charge in [-0.1, -0.05) is 43.7 Å². The number of ether oxygens (including phenoxy) is 1. The molecular formula is C25H31N5O5. The second-order valence-corrected chi connectivity index (χ2v) is 8.95. The van der Waals surface area contributed by atoms with Gasteiger partial charge in [0.1, 0.15) is 12.4 Å². The lowest BCUT2D eigenvalue weighted by molar-refractivity contribution is -0.153. The van der Waals surface area contributed by atoms with Crippen LogP contribution in [0.25, 0.3) is 11.2 Å². The first-order valence-electron chi connectivity index (χ1n) is 12.1. The van der Waals surface area contributed by atoms with Gasteiger partial charge in [0.15, 0.2) is 11.2 Å². The molecule has 1 saturated heterocycles. The largest absolute Gasteiger partial charge is 0.457 e. The summed E-state index contributed by atoms with van der Waals surface area (Å²) in [5.41, 5.74) is 0.401. The molecule has 4 rings (SSSR count). The van der Waals surface area contributed by atoms with Crippen LogP contribution < -0.4 is 11.2 Å². The minimum atomic E-state index is -0.540. The number of nitrogens with zero attached hydrogens (tertiary/aromatic N) is 4. The van der Waals surface area contributed by atoms with Crippen LogP contribution in [0.3, 0.4) is 0 Å². The first-order valence-corrected chi connectivity index (χ1v) is 12.1. The molecule has 0 saturated carbocycles. The van der Waals surface area contributed by atoms with Crippen molar-refractivity contribution in [3.8, 4) is 0 Å². The van der Waals surface area contributed by atoms with Crippen molar-refractivity contribution in [3.63, 3.8) is 0 Å². The lowest BCUT2D eigenvalue weighted by atomic mass is 9.98. The van der Waals surface area contributed by atoms with Gasteiger partial charge in [0, 0.05) is 26.6 Å². The monoisotopic (exact) mass is 481 g/mol. The number of carbonyl (C=O) groups excluding carboxylic acids is 2. The second kappa shape index (κ2) is 10.7. The quantitative estimate of drug-likeness (QED) is 0.492. The SMILES string of the molecule is CCCCn1c(COC(=O)C2CCCN(C(C)=O)C2)nc2c1c(=O)[nH]c(=O)n2Cc1ccccc1. The van der Waals surface area contributed by atoms with Crippen molar-refractivity contribution in [1.82, 2.24) is 24.0 Å². The highest BCUT2D eigenvalue weighted by molar-refractivity contribution is 5.77. The number of aryl methyl sites for hydroxylation is 1. The standard InChI is InChI=1S/C25H31N5O5/c1-3-4-13-29-20(16-35-24(33)19-11-8-12-28(15-19)17(2)31)26-22-21(29)23(32)27-25(34)30(22)14-18-9-6-5-7-10-18/h5-7,9-10,19H,3-4,8,11-16H2,1-2H3,(H,27,32,34).